The van der Waals surface area contributed by atoms with Crippen molar-refractivity contribution in [2.45, 2.75) is 20.3 Å². The number of nitrogens with zero attached hydrogens (tertiary/aromatic N) is 1. The number of anilines is 1. The molecular formula is C13H14ClN3O. The molecule has 0 aliphatic heterocycles. The summed E-state index contributed by atoms with van der Waals surface area (Å²) in [5.41, 5.74) is 2.97. The van der Waals surface area contributed by atoms with Crippen molar-refractivity contribution in [1.82, 2.24) is 10.2 Å². The number of hydrogen-bond donors (Lipinski definition) is 2. The highest BCUT2D eigenvalue weighted by molar-refractivity contribution is 6.33. The summed E-state index contributed by atoms with van der Waals surface area (Å²) in [5.74, 6) is -0.0483. The number of carbonyl (C=O) groups excluding carboxylic acids is 1. The lowest BCUT2D eigenvalue weighted by Gasteiger charge is -2.06. The number of H-pyrrole nitrogens is 1. The van der Waals surface area contributed by atoms with E-state index in [-0.39, 0.29) is 5.91 Å². The zero-order chi connectivity index (χ0) is 13.1. The Bertz CT molecular complexity index is 577. The summed E-state index contributed by atoms with van der Waals surface area (Å²) in [5, 5.41) is 10.5. The van der Waals surface area contributed by atoms with Crippen LogP contribution in [0.15, 0.2) is 24.3 Å². The number of hydrogen-bond acceptors (Lipinski definition) is 2. The molecule has 0 saturated carbocycles. The lowest BCUT2D eigenvalue weighted by Crippen LogP contribution is -2.10. The maximum Gasteiger partial charge on any atom is 0.224 e. The number of benzene rings is 1. The summed E-state index contributed by atoms with van der Waals surface area (Å²) in [4.78, 5) is 11.5. The molecular weight excluding hydrogens is 250 g/mol. The van der Waals surface area contributed by atoms with E-state index in [9.17, 15) is 4.79 Å². The highest BCUT2D eigenvalue weighted by atomic mass is 35.5. The summed E-state index contributed by atoms with van der Waals surface area (Å²) >= 11 is 6.14. The SMILES string of the molecule is CCC(=O)Nc1c(-c2ccccc2Cl)n[nH]c1C. The van der Waals surface area contributed by atoms with Gasteiger partial charge in [-0.05, 0) is 13.0 Å². The molecule has 2 N–H and O–H groups in total. The molecule has 0 radical (unpaired) electrons. The molecule has 0 fully saturated rings. The predicted molar refractivity (Wildman–Crippen MR) is 72.7 cm³/mol. The van der Waals surface area contributed by atoms with Crippen LogP contribution in [0.5, 0.6) is 0 Å². The first-order chi connectivity index (χ1) is 8.63. The molecule has 2 rings (SSSR count). The smallest absolute Gasteiger partial charge is 0.224 e. The zero-order valence-corrected chi connectivity index (χ0v) is 11.0. The van der Waals surface area contributed by atoms with E-state index in [0.717, 1.165) is 11.3 Å². The van der Waals surface area contributed by atoms with E-state index in [2.05, 4.69) is 15.5 Å². The normalized spacial score (nSPS) is 10.4. The van der Waals surface area contributed by atoms with Crippen LogP contribution < -0.4 is 5.32 Å². The third-order valence-electron chi connectivity index (χ3n) is 2.66. The summed E-state index contributed by atoms with van der Waals surface area (Å²) in [6.45, 7) is 3.67. The Balaban J connectivity index is 2.46. The van der Waals surface area contributed by atoms with Crippen molar-refractivity contribution in [3.05, 3.63) is 35.0 Å². The van der Waals surface area contributed by atoms with Crippen molar-refractivity contribution >= 4 is 23.2 Å². The summed E-state index contributed by atoms with van der Waals surface area (Å²) in [6, 6.07) is 7.41. The van der Waals surface area contributed by atoms with Gasteiger partial charge >= 0.3 is 0 Å². The van der Waals surface area contributed by atoms with Gasteiger partial charge in [-0.1, -0.05) is 36.7 Å². The second-order valence-corrected chi connectivity index (χ2v) is 4.36. The highest BCUT2D eigenvalue weighted by Gasteiger charge is 2.15. The van der Waals surface area contributed by atoms with Gasteiger partial charge in [-0.25, -0.2) is 0 Å². The van der Waals surface area contributed by atoms with Gasteiger partial charge in [0.15, 0.2) is 0 Å². The minimum Gasteiger partial charge on any atom is -0.323 e. The van der Waals surface area contributed by atoms with Gasteiger partial charge in [0.05, 0.1) is 16.4 Å². The molecule has 2 aromatic rings. The molecule has 0 aliphatic rings. The number of aromatic nitrogens is 2. The fraction of sp³-hybridized carbons (Fsp3) is 0.231. The predicted octanol–water partition coefficient (Wildman–Crippen LogP) is 3.39. The Morgan fingerprint density at radius 3 is 2.83 bits per heavy atom. The van der Waals surface area contributed by atoms with Crippen molar-refractivity contribution in [3.8, 4) is 11.3 Å². The molecule has 1 amide bonds. The van der Waals surface area contributed by atoms with Crippen molar-refractivity contribution in [2.75, 3.05) is 5.32 Å². The van der Waals surface area contributed by atoms with E-state index in [1.54, 1.807) is 13.0 Å². The molecule has 0 aliphatic carbocycles. The van der Waals surface area contributed by atoms with E-state index in [0.29, 0.717) is 22.8 Å². The third kappa shape index (κ3) is 2.38. The number of aryl methyl sites for hydroxylation is 1. The van der Waals surface area contributed by atoms with Gasteiger partial charge in [0.2, 0.25) is 5.91 Å². The minimum atomic E-state index is -0.0483. The van der Waals surface area contributed by atoms with Crippen LogP contribution in [-0.4, -0.2) is 16.1 Å². The van der Waals surface area contributed by atoms with Crippen molar-refractivity contribution in [1.29, 1.82) is 0 Å². The van der Waals surface area contributed by atoms with Gasteiger partial charge in [-0.15, -0.1) is 0 Å². The quantitative estimate of drug-likeness (QED) is 0.892. The Hall–Kier alpha value is -1.81. The fourth-order valence-corrected chi connectivity index (χ4v) is 1.88. The van der Waals surface area contributed by atoms with Gasteiger partial charge in [0.1, 0.15) is 5.69 Å². The molecule has 1 aromatic heterocycles. The topological polar surface area (TPSA) is 57.8 Å². The van der Waals surface area contributed by atoms with Crippen LogP contribution in [-0.2, 0) is 4.79 Å². The molecule has 0 bridgehead atoms. The van der Waals surface area contributed by atoms with E-state index >= 15 is 0 Å². The number of amides is 1. The molecule has 1 aromatic carbocycles. The van der Waals surface area contributed by atoms with Crippen molar-refractivity contribution in [2.24, 2.45) is 0 Å². The molecule has 18 heavy (non-hydrogen) atoms. The monoisotopic (exact) mass is 263 g/mol. The molecule has 94 valence electrons. The lowest BCUT2D eigenvalue weighted by atomic mass is 10.1. The molecule has 0 unspecified atom stereocenters. The Morgan fingerprint density at radius 1 is 1.44 bits per heavy atom. The summed E-state index contributed by atoms with van der Waals surface area (Å²) < 4.78 is 0. The molecule has 1 heterocycles. The maximum atomic E-state index is 11.5. The van der Waals surface area contributed by atoms with Crippen molar-refractivity contribution < 1.29 is 4.79 Å². The summed E-state index contributed by atoms with van der Waals surface area (Å²) in [6.07, 6.45) is 0.423. The highest BCUT2D eigenvalue weighted by Crippen LogP contribution is 2.33. The first-order valence-electron chi connectivity index (χ1n) is 5.73. The largest absolute Gasteiger partial charge is 0.323 e. The average Bonchev–Trinajstić information content (AvgIpc) is 2.72. The van der Waals surface area contributed by atoms with Crippen LogP contribution in [0.2, 0.25) is 5.02 Å². The first kappa shape index (κ1) is 12.6. The average molecular weight is 264 g/mol. The van der Waals surface area contributed by atoms with Gasteiger partial charge in [-0.2, -0.15) is 5.10 Å². The van der Waals surface area contributed by atoms with Crippen LogP contribution >= 0.6 is 11.6 Å². The molecule has 4 nitrogen and oxygen atoms in total. The Kier molecular flexibility index (Phi) is 3.67. The first-order valence-corrected chi connectivity index (χ1v) is 6.11. The summed E-state index contributed by atoms with van der Waals surface area (Å²) in [7, 11) is 0. The molecule has 0 saturated heterocycles. The zero-order valence-electron chi connectivity index (χ0n) is 10.2. The Morgan fingerprint density at radius 2 is 2.17 bits per heavy atom. The van der Waals surface area contributed by atoms with E-state index < -0.39 is 0 Å². The van der Waals surface area contributed by atoms with Crippen LogP contribution in [0.4, 0.5) is 5.69 Å². The fourth-order valence-electron chi connectivity index (χ4n) is 1.66. The third-order valence-corrected chi connectivity index (χ3v) is 2.99. The number of halogens is 1. The van der Waals surface area contributed by atoms with E-state index in [1.807, 2.05) is 25.1 Å². The standard InChI is InChI=1S/C13H14ClN3O/c1-3-11(18)15-12-8(2)16-17-13(12)9-6-4-5-7-10(9)14/h4-7H,3H2,1-2H3,(H,15,18)(H,16,17). The van der Waals surface area contributed by atoms with Crippen LogP contribution in [0.25, 0.3) is 11.3 Å². The van der Waals surface area contributed by atoms with Crippen LogP contribution in [0.3, 0.4) is 0 Å². The van der Waals surface area contributed by atoms with Gasteiger partial charge in [0.25, 0.3) is 0 Å². The van der Waals surface area contributed by atoms with Crippen molar-refractivity contribution in [3.63, 3.8) is 0 Å². The lowest BCUT2D eigenvalue weighted by molar-refractivity contribution is -0.115. The number of rotatable bonds is 3. The Labute approximate surface area is 110 Å². The van der Waals surface area contributed by atoms with E-state index in [1.165, 1.54) is 0 Å². The molecule has 0 atom stereocenters. The van der Waals surface area contributed by atoms with Gasteiger partial charge in [0, 0.05) is 12.0 Å². The molecule has 0 spiro atoms. The minimum absolute atomic E-state index is 0.0483. The van der Waals surface area contributed by atoms with Crippen LogP contribution in [0.1, 0.15) is 19.0 Å². The number of carbonyl (C=O) groups is 1. The van der Waals surface area contributed by atoms with Crippen LogP contribution in [0, 0.1) is 6.92 Å². The van der Waals surface area contributed by atoms with E-state index in [4.69, 9.17) is 11.6 Å². The second-order valence-electron chi connectivity index (χ2n) is 3.95. The molecule has 5 heteroatoms. The maximum absolute atomic E-state index is 11.5. The number of aromatic amines is 1. The number of nitrogens with one attached hydrogen (secondary N) is 2. The van der Waals surface area contributed by atoms with Gasteiger partial charge in [-0.3, -0.25) is 9.89 Å². The van der Waals surface area contributed by atoms with Gasteiger partial charge < -0.3 is 5.32 Å². The second kappa shape index (κ2) is 5.23.